The summed E-state index contributed by atoms with van der Waals surface area (Å²) in [5.41, 5.74) is 0.952. The van der Waals surface area contributed by atoms with E-state index in [1.807, 2.05) is 0 Å². The minimum atomic E-state index is -0.0793. The second kappa shape index (κ2) is 7.36. The summed E-state index contributed by atoms with van der Waals surface area (Å²) in [4.78, 5) is 0. The normalized spacial score (nSPS) is 16.6. The molecule has 0 saturated heterocycles. The molecule has 106 valence electrons. The minimum absolute atomic E-state index is 0.0715. The Morgan fingerprint density at radius 3 is 2.63 bits per heavy atom. The van der Waals surface area contributed by atoms with Gasteiger partial charge in [-0.05, 0) is 30.5 Å². The lowest BCUT2D eigenvalue weighted by Crippen LogP contribution is -2.24. The molecule has 1 aromatic carbocycles. The van der Waals surface area contributed by atoms with Gasteiger partial charge in [0.05, 0.1) is 12.7 Å². The number of nitrogens with one attached hydrogen (secondary N) is 1. The van der Waals surface area contributed by atoms with Crippen molar-refractivity contribution in [3.05, 3.63) is 23.8 Å². The van der Waals surface area contributed by atoms with Gasteiger partial charge >= 0.3 is 0 Å². The Hall–Kier alpha value is -1.26. The number of aromatic hydroxyl groups is 2. The lowest BCUT2D eigenvalue weighted by molar-refractivity contribution is 0.0302. The second-order valence-corrected chi connectivity index (χ2v) is 5.13. The first-order valence-corrected chi connectivity index (χ1v) is 7.09. The van der Waals surface area contributed by atoms with Crippen LogP contribution >= 0.6 is 0 Å². The van der Waals surface area contributed by atoms with Crippen LogP contribution in [-0.2, 0) is 11.3 Å². The molecule has 0 spiro atoms. The fraction of sp³-hybridized carbons (Fsp3) is 0.600. The molecule has 0 aromatic heterocycles. The van der Waals surface area contributed by atoms with Crippen molar-refractivity contribution in [1.82, 2.24) is 5.32 Å². The van der Waals surface area contributed by atoms with E-state index in [0.717, 1.165) is 18.7 Å². The van der Waals surface area contributed by atoms with Crippen molar-refractivity contribution in [2.24, 2.45) is 0 Å². The van der Waals surface area contributed by atoms with Crippen LogP contribution in [0.5, 0.6) is 11.5 Å². The van der Waals surface area contributed by atoms with E-state index >= 15 is 0 Å². The SMILES string of the molecule is Oc1ccc(CNCCOC2CCCCC2)cc1O. The highest BCUT2D eigenvalue weighted by Gasteiger charge is 2.12. The Bertz CT molecular complexity index is 389. The molecule has 4 heteroatoms. The zero-order valence-corrected chi connectivity index (χ0v) is 11.3. The summed E-state index contributed by atoms with van der Waals surface area (Å²) < 4.78 is 5.81. The van der Waals surface area contributed by atoms with Crippen LogP contribution in [0, 0.1) is 0 Å². The Kier molecular flexibility index (Phi) is 5.48. The number of benzene rings is 1. The molecule has 1 aliphatic rings. The summed E-state index contributed by atoms with van der Waals surface area (Å²) in [5.74, 6) is -0.151. The predicted octanol–water partition coefficient (Wildman–Crippen LogP) is 2.54. The molecule has 0 heterocycles. The van der Waals surface area contributed by atoms with E-state index in [-0.39, 0.29) is 11.5 Å². The molecule has 3 N–H and O–H groups in total. The van der Waals surface area contributed by atoms with Crippen LogP contribution in [0.1, 0.15) is 37.7 Å². The van der Waals surface area contributed by atoms with Gasteiger partial charge in [0.2, 0.25) is 0 Å². The highest BCUT2D eigenvalue weighted by Crippen LogP contribution is 2.24. The van der Waals surface area contributed by atoms with E-state index in [0.29, 0.717) is 12.6 Å². The van der Waals surface area contributed by atoms with Gasteiger partial charge in [0.1, 0.15) is 0 Å². The molecule has 1 fully saturated rings. The smallest absolute Gasteiger partial charge is 0.157 e. The zero-order valence-electron chi connectivity index (χ0n) is 11.3. The summed E-state index contributed by atoms with van der Waals surface area (Å²) in [6.07, 6.45) is 6.80. The van der Waals surface area contributed by atoms with Gasteiger partial charge in [-0.15, -0.1) is 0 Å². The van der Waals surface area contributed by atoms with Crippen molar-refractivity contribution in [2.45, 2.75) is 44.8 Å². The van der Waals surface area contributed by atoms with E-state index in [1.165, 1.54) is 38.2 Å². The first-order valence-electron chi connectivity index (χ1n) is 7.09. The molecule has 0 atom stereocenters. The lowest BCUT2D eigenvalue weighted by atomic mass is 9.98. The largest absolute Gasteiger partial charge is 0.504 e. The number of phenolic OH excluding ortho intramolecular Hbond substituents is 2. The number of rotatable bonds is 6. The maximum Gasteiger partial charge on any atom is 0.157 e. The Morgan fingerprint density at radius 1 is 1.11 bits per heavy atom. The second-order valence-electron chi connectivity index (χ2n) is 5.13. The van der Waals surface area contributed by atoms with Crippen LogP contribution in [-0.4, -0.2) is 29.5 Å². The molecular formula is C15H23NO3. The number of phenols is 2. The number of ether oxygens (including phenoxy) is 1. The molecule has 1 aromatic rings. The van der Waals surface area contributed by atoms with Crippen molar-refractivity contribution in [1.29, 1.82) is 0 Å². The van der Waals surface area contributed by atoms with Crippen molar-refractivity contribution < 1.29 is 14.9 Å². The molecule has 1 aliphatic carbocycles. The molecule has 0 unspecified atom stereocenters. The van der Waals surface area contributed by atoms with Crippen LogP contribution in [0.2, 0.25) is 0 Å². The Labute approximate surface area is 114 Å². The molecule has 1 saturated carbocycles. The van der Waals surface area contributed by atoms with E-state index in [2.05, 4.69) is 5.32 Å². The summed E-state index contributed by atoms with van der Waals surface area (Å²) in [6, 6.07) is 4.87. The van der Waals surface area contributed by atoms with Crippen LogP contribution in [0.4, 0.5) is 0 Å². The summed E-state index contributed by atoms with van der Waals surface area (Å²) in [5, 5.41) is 21.8. The molecule has 19 heavy (non-hydrogen) atoms. The first-order chi connectivity index (χ1) is 9.25. The van der Waals surface area contributed by atoms with Gasteiger partial charge in [0.25, 0.3) is 0 Å². The average molecular weight is 265 g/mol. The van der Waals surface area contributed by atoms with Crippen molar-refractivity contribution in [2.75, 3.05) is 13.2 Å². The molecule has 0 aliphatic heterocycles. The molecule has 0 amide bonds. The van der Waals surface area contributed by atoms with Crippen molar-refractivity contribution in [3.63, 3.8) is 0 Å². The minimum Gasteiger partial charge on any atom is -0.504 e. The van der Waals surface area contributed by atoms with Gasteiger partial charge < -0.3 is 20.3 Å². The third kappa shape index (κ3) is 4.73. The van der Waals surface area contributed by atoms with Gasteiger partial charge in [-0.25, -0.2) is 0 Å². The Morgan fingerprint density at radius 2 is 1.89 bits per heavy atom. The van der Waals surface area contributed by atoms with Crippen molar-refractivity contribution >= 4 is 0 Å². The van der Waals surface area contributed by atoms with Crippen LogP contribution in [0.15, 0.2) is 18.2 Å². The van der Waals surface area contributed by atoms with Gasteiger partial charge in [0, 0.05) is 13.1 Å². The predicted molar refractivity (Wildman–Crippen MR) is 74.3 cm³/mol. The summed E-state index contributed by atoms with van der Waals surface area (Å²) >= 11 is 0. The first kappa shape index (κ1) is 14.2. The highest BCUT2D eigenvalue weighted by atomic mass is 16.5. The summed E-state index contributed by atoms with van der Waals surface area (Å²) in [7, 11) is 0. The molecular weight excluding hydrogens is 242 g/mol. The van der Waals surface area contributed by atoms with E-state index in [9.17, 15) is 10.2 Å². The maximum atomic E-state index is 9.37. The quantitative estimate of drug-likeness (QED) is 0.546. The summed E-state index contributed by atoms with van der Waals surface area (Å²) in [6.45, 7) is 2.20. The van der Waals surface area contributed by atoms with E-state index in [1.54, 1.807) is 12.1 Å². The fourth-order valence-electron chi connectivity index (χ4n) is 2.44. The molecule has 4 nitrogen and oxygen atoms in total. The average Bonchev–Trinajstić information content (AvgIpc) is 2.43. The topological polar surface area (TPSA) is 61.7 Å². The third-order valence-corrected chi connectivity index (χ3v) is 3.55. The van der Waals surface area contributed by atoms with E-state index in [4.69, 9.17) is 4.74 Å². The number of hydrogen-bond acceptors (Lipinski definition) is 4. The highest BCUT2D eigenvalue weighted by molar-refractivity contribution is 5.40. The van der Waals surface area contributed by atoms with Gasteiger partial charge in [0.15, 0.2) is 11.5 Å². The van der Waals surface area contributed by atoms with Gasteiger partial charge in [-0.2, -0.15) is 0 Å². The van der Waals surface area contributed by atoms with Crippen LogP contribution in [0.3, 0.4) is 0 Å². The van der Waals surface area contributed by atoms with Crippen molar-refractivity contribution in [3.8, 4) is 11.5 Å². The molecule has 0 radical (unpaired) electrons. The maximum absolute atomic E-state index is 9.37. The molecule has 2 rings (SSSR count). The van der Waals surface area contributed by atoms with Crippen LogP contribution in [0.25, 0.3) is 0 Å². The van der Waals surface area contributed by atoms with E-state index < -0.39 is 0 Å². The number of hydrogen-bond donors (Lipinski definition) is 3. The molecule has 0 bridgehead atoms. The standard InChI is InChI=1S/C15H23NO3/c17-14-7-6-12(10-15(14)18)11-16-8-9-19-13-4-2-1-3-5-13/h6-7,10,13,16-18H,1-5,8-9,11H2. The fourth-order valence-corrected chi connectivity index (χ4v) is 2.44. The Balaban J connectivity index is 1.59. The van der Waals surface area contributed by atoms with Crippen LogP contribution < -0.4 is 5.32 Å². The zero-order chi connectivity index (χ0) is 13.5. The third-order valence-electron chi connectivity index (χ3n) is 3.55. The van der Waals surface area contributed by atoms with Gasteiger partial charge in [-0.3, -0.25) is 0 Å². The lowest BCUT2D eigenvalue weighted by Gasteiger charge is -2.22. The van der Waals surface area contributed by atoms with Gasteiger partial charge in [-0.1, -0.05) is 25.3 Å². The monoisotopic (exact) mass is 265 g/mol.